The zero-order valence-corrected chi connectivity index (χ0v) is 9.84. The van der Waals surface area contributed by atoms with Crippen molar-refractivity contribution in [2.75, 3.05) is 6.61 Å². The number of carbonyl (C=O) groups excluding carboxylic acids is 1. The van der Waals surface area contributed by atoms with E-state index in [4.69, 9.17) is 4.74 Å². The second-order valence-electron chi connectivity index (χ2n) is 4.03. The summed E-state index contributed by atoms with van der Waals surface area (Å²) < 4.78 is 5.16. The molecule has 0 bridgehead atoms. The van der Waals surface area contributed by atoms with Crippen LogP contribution in [0.2, 0.25) is 0 Å². The van der Waals surface area contributed by atoms with Gasteiger partial charge in [-0.1, -0.05) is 40.0 Å². The lowest BCUT2D eigenvalue weighted by Crippen LogP contribution is -2.11. The summed E-state index contributed by atoms with van der Waals surface area (Å²) in [4.78, 5) is 11.2. The number of hydrogen-bond donors (Lipinski definition) is 0. The topological polar surface area (TPSA) is 26.3 Å². The van der Waals surface area contributed by atoms with E-state index in [1.54, 1.807) is 0 Å². The normalized spacial score (nSPS) is 12.5. The highest BCUT2D eigenvalue weighted by Crippen LogP contribution is 2.08. The SMILES string of the molecule is CCCCC(=O)OCC(C)CCCC. The average Bonchev–Trinajstić information content (AvgIpc) is 2.20. The monoisotopic (exact) mass is 200 g/mol. The lowest BCUT2D eigenvalue weighted by molar-refractivity contribution is -0.145. The number of esters is 1. The molecule has 0 aromatic rings. The molecule has 0 aliphatic rings. The summed E-state index contributed by atoms with van der Waals surface area (Å²) in [6.07, 6.45) is 6.19. The minimum absolute atomic E-state index is 0.0322. The van der Waals surface area contributed by atoms with E-state index in [-0.39, 0.29) is 5.97 Å². The Bertz CT molecular complexity index is 143. The first-order chi connectivity index (χ1) is 6.70. The van der Waals surface area contributed by atoms with Crippen LogP contribution in [0.15, 0.2) is 0 Å². The summed E-state index contributed by atoms with van der Waals surface area (Å²) in [5.41, 5.74) is 0. The van der Waals surface area contributed by atoms with Gasteiger partial charge in [-0.3, -0.25) is 4.79 Å². The molecular weight excluding hydrogens is 176 g/mol. The van der Waals surface area contributed by atoms with Crippen LogP contribution in [0.4, 0.5) is 0 Å². The van der Waals surface area contributed by atoms with Gasteiger partial charge in [-0.15, -0.1) is 0 Å². The van der Waals surface area contributed by atoms with Gasteiger partial charge in [-0.2, -0.15) is 0 Å². The van der Waals surface area contributed by atoms with Gasteiger partial charge in [0.15, 0.2) is 0 Å². The van der Waals surface area contributed by atoms with E-state index in [0.29, 0.717) is 18.9 Å². The number of ether oxygens (including phenoxy) is 1. The minimum Gasteiger partial charge on any atom is -0.465 e. The molecular formula is C12H24O2. The molecule has 0 N–H and O–H groups in total. The van der Waals surface area contributed by atoms with Gasteiger partial charge in [0, 0.05) is 6.42 Å². The molecule has 2 nitrogen and oxygen atoms in total. The summed E-state index contributed by atoms with van der Waals surface area (Å²) in [6, 6.07) is 0. The molecule has 0 radical (unpaired) electrons. The molecule has 84 valence electrons. The fraction of sp³-hybridized carbons (Fsp3) is 0.917. The van der Waals surface area contributed by atoms with E-state index >= 15 is 0 Å². The summed E-state index contributed by atoms with van der Waals surface area (Å²) in [5, 5.41) is 0. The Kier molecular flexibility index (Phi) is 8.70. The fourth-order valence-electron chi connectivity index (χ4n) is 1.26. The van der Waals surface area contributed by atoms with Crippen molar-refractivity contribution < 1.29 is 9.53 Å². The van der Waals surface area contributed by atoms with E-state index in [1.807, 2.05) is 0 Å². The molecule has 0 spiro atoms. The zero-order valence-electron chi connectivity index (χ0n) is 9.84. The van der Waals surface area contributed by atoms with Gasteiger partial charge >= 0.3 is 5.97 Å². The Balaban J connectivity index is 3.36. The number of hydrogen-bond acceptors (Lipinski definition) is 2. The smallest absolute Gasteiger partial charge is 0.305 e. The van der Waals surface area contributed by atoms with Crippen molar-refractivity contribution in [3.8, 4) is 0 Å². The van der Waals surface area contributed by atoms with Gasteiger partial charge in [0.25, 0.3) is 0 Å². The second-order valence-corrected chi connectivity index (χ2v) is 4.03. The standard InChI is InChI=1S/C12H24O2/c1-4-6-8-11(3)10-14-12(13)9-7-5-2/h11H,4-10H2,1-3H3. The van der Waals surface area contributed by atoms with Crippen molar-refractivity contribution in [3.05, 3.63) is 0 Å². The molecule has 0 rings (SSSR count). The predicted octanol–water partition coefficient (Wildman–Crippen LogP) is 3.55. The van der Waals surface area contributed by atoms with Crippen LogP contribution in [0.25, 0.3) is 0 Å². The van der Waals surface area contributed by atoms with Crippen molar-refractivity contribution in [3.63, 3.8) is 0 Å². The molecule has 0 heterocycles. The number of unbranched alkanes of at least 4 members (excludes halogenated alkanes) is 2. The molecule has 0 aliphatic carbocycles. The van der Waals surface area contributed by atoms with Crippen LogP contribution in [-0.4, -0.2) is 12.6 Å². The molecule has 14 heavy (non-hydrogen) atoms. The Labute approximate surface area is 88.0 Å². The number of rotatable bonds is 8. The largest absolute Gasteiger partial charge is 0.465 e. The van der Waals surface area contributed by atoms with Crippen molar-refractivity contribution in [2.45, 2.75) is 59.3 Å². The zero-order chi connectivity index (χ0) is 10.8. The quantitative estimate of drug-likeness (QED) is 0.560. The molecule has 0 amide bonds. The Hall–Kier alpha value is -0.530. The van der Waals surface area contributed by atoms with E-state index in [2.05, 4.69) is 20.8 Å². The third kappa shape index (κ3) is 8.09. The first kappa shape index (κ1) is 13.5. The van der Waals surface area contributed by atoms with Crippen LogP contribution < -0.4 is 0 Å². The lowest BCUT2D eigenvalue weighted by atomic mass is 10.1. The van der Waals surface area contributed by atoms with Crippen LogP contribution in [0.3, 0.4) is 0 Å². The van der Waals surface area contributed by atoms with Gasteiger partial charge in [0.1, 0.15) is 0 Å². The van der Waals surface area contributed by atoms with Crippen LogP contribution in [0.1, 0.15) is 59.3 Å². The Morgan fingerprint density at radius 3 is 2.43 bits per heavy atom. The summed E-state index contributed by atoms with van der Waals surface area (Å²) >= 11 is 0. The number of carbonyl (C=O) groups is 1. The lowest BCUT2D eigenvalue weighted by Gasteiger charge is -2.11. The van der Waals surface area contributed by atoms with Crippen molar-refractivity contribution in [1.82, 2.24) is 0 Å². The molecule has 0 aromatic heterocycles. The van der Waals surface area contributed by atoms with Crippen LogP contribution in [0, 0.1) is 5.92 Å². The second kappa shape index (κ2) is 9.04. The third-order valence-electron chi connectivity index (χ3n) is 2.31. The molecule has 2 heteroatoms. The maximum Gasteiger partial charge on any atom is 0.305 e. The highest BCUT2D eigenvalue weighted by molar-refractivity contribution is 5.69. The van der Waals surface area contributed by atoms with Crippen molar-refractivity contribution >= 4 is 5.97 Å². The van der Waals surface area contributed by atoms with Gasteiger partial charge in [-0.25, -0.2) is 0 Å². The summed E-state index contributed by atoms with van der Waals surface area (Å²) in [5.74, 6) is 0.482. The first-order valence-corrected chi connectivity index (χ1v) is 5.86. The van der Waals surface area contributed by atoms with Gasteiger partial charge in [0.2, 0.25) is 0 Å². The van der Waals surface area contributed by atoms with Crippen LogP contribution in [-0.2, 0) is 9.53 Å². The molecule has 0 saturated heterocycles. The van der Waals surface area contributed by atoms with Crippen molar-refractivity contribution in [2.24, 2.45) is 5.92 Å². The molecule has 0 fully saturated rings. The maximum atomic E-state index is 11.2. The molecule has 0 aliphatic heterocycles. The predicted molar refractivity (Wildman–Crippen MR) is 59.2 cm³/mol. The minimum atomic E-state index is -0.0322. The van der Waals surface area contributed by atoms with Crippen LogP contribution >= 0.6 is 0 Å². The van der Waals surface area contributed by atoms with Gasteiger partial charge in [-0.05, 0) is 18.8 Å². The van der Waals surface area contributed by atoms with E-state index < -0.39 is 0 Å². The first-order valence-electron chi connectivity index (χ1n) is 5.86. The molecule has 1 unspecified atom stereocenters. The summed E-state index contributed by atoms with van der Waals surface area (Å²) in [6.45, 7) is 7.00. The molecule has 1 atom stereocenters. The van der Waals surface area contributed by atoms with E-state index in [1.165, 1.54) is 12.8 Å². The Morgan fingerprint density at radius 2 is 1.86 bits per heavy atom. The fourth-order valence-corrected chi connectivity index (χ4v) is 1.26. The highest BCUT2D eigenvalue weighted by Gasteiger charge is 2.06. The Morgan fingerprint density at radius 1 is 1.21 bits per heavy atom. The van der Waals surface area contributed by atoms with Gasteiger partial charge in [0.05, 0.1) is 6.61 Å². The van der Waals surface area contributed by atoms with Crippen LogP contribution in [0.5, 0.6) is 0 Å². The highest BCUT2D eigenvalue weighted by atomic mass is 16.5. The molecule has 0 saturated carbocycles. The maximum absolute atomic E-state index is 11.2. The summed E-state index contributed by atoms with van der Waals surface area (Å²) in [7, 11) is 0. The molecule has 0 aromatic carbocycles. The van der Waals surface area contributed by atoms with E-state index in [9.17, 15) is 4.79 Å². The third-order valence-corrected chi connectivity index (χ3v) is 2.31. The van der Waals surface area contributed by atoms with Crippen molar-refractivity contribution in [1.29, 1.82) is 0 Å². The average molecular weight is 200 g/mol. The van der Waals surface area contributed by atoms with E-state index in [0.717, 1.165) is 19.3 Å². The van der Waals surface area contributed by atoms with Gasteiger partial charge < -0.3 is 4.74 Å².